The molecule has 3 heteroatoms. The summed E-state index contributed by atoms with van der Waals surface area (Å²) in [4.78, 5) is 4.12. The van der Waals surface area contributed by atoms with Gasteiger partial charge in [-0.15, -0.1) is 0 Å². The van der Waals surface area contributed by atoms with E-state index in [1.807, 2.05) is 18.5 Å². The van der Waals surface area contributed by atoms with E-state index in [4.69, 9.17) is 4.74 Å². The smallest absolute Gasteiger partial charge is 0.0476 e. The molecule has 15 heavy (non-hydrogen) atoms. The first-order valence-electron chi connectivity index (χ1n) is 5.36. The Labute approximate surface area is 91.9 Å². The van der Waals surface area contributed by atoms with E-state index < -0.39 is 0 Å². The number of methoxy groups -OCH3 is 1. The Kier molecular flexibility index (Phi) is 5.29. The van der Waals surface area contributed by atoms with Gasteiger partial charge in [-0.05, 0) is 37.5 Å². The average molecular weight is 208 g/mol. The number of pyridine rings is 1. The molecule has 0 aliphatic carbocycles. The molecule has 1 N–H and O–H groups in total. The standard InChI is InChI=1S/C12H20N2O/c1-10-4-6-13-8-12(10)9-14-11(2)5-7-15-3/h4,6,8,11,14H,5,7,9H2,1-3H3. The Morgan fingerprint density at radius 3 is 3.00 bits per heavy atom. The van der Waals surface area contributed by atoms with E-state index in [1.165, 1.54) is 11.1 Å². The molecular formula is C12H20N2O. The minimum Gasteiger partial charge on any atom is -0.385 e. The molecule has 1 aromatic rings. The number of nitrogens with zero attached hydrogens (tertiary/aromatic N) is 1. The third-order valence-corrected chi connectivity index (χ3v) is 2.54. The van der Waals surface area contributed by atoms with Gasteiger partial charge in [0.1, 0.15) is 0 Å². The summed E-state index contributed by atoms with van der Waals surface area (Å²) in [5.74, 6) is 0. The normalized spacial score (nSPS) is 12.7. The lowest BCUT2D eigenvalue weighted by Crippen LogP contribution is -2.27. The lowest BCUT2D eigenvalue weighted by atomic mass is 10.1. The second kappa shape index (κ2) is 6.53. The molecule has 0 saturated carbocycles. The third-order valence-electron chi connectivity index (χ3n) is 2.54. The molecular weight excluding hydrogens is 188 g/mol. The number of ether oxygens (including phenoxy) is 1. The van der Waals surface area contributed by atoms with Crippen molar-refractivity contribution in [3.63, 3.8) is 0 Å². The first kappa shape index (κ1) is 12.1. The van der Waals surface area contributed by atoms with Crippen LogP contribution in [0.1, 0.15) is 24.5 Å². The molecule has 84 valence electrons. The Morgan fingerprint density at radius 1 is 1.53 bits per heavy atom. The molecule has 1 rings (SSSR count). The summed E-state index contributed by atoms with van der Waals surface area (Å²) in [6, 6.07) is 2.51. The van der Waals surface area contributed by atoms with Gasteiger partial charge in [-0.3, -0.25) is 4.98 Å². The van der Waals surface area contributed by atoms with Gasteiger partial charge < -0.3 is 10.1 Å². The van der Waals surface area contributed by atoms with Gasteiger partial charge in [0, 0.05) is 38.7 Å². The van der Waals surface area contributed by atoms with Crippen molar-refractivity contribution < 1.29 is 4.74 Å². The van der Waals surface area contributed by atoms with Gasteiger partial charge in [0.2, 0.25) is 0 Å². The molecule has 0 aromatic carbocycles. The highest BCUT2D eigenvalue weighted by atomic mass is 16.5. The summed E-state index contributed by atoms with van der Waals surface area (Å²) in [5, 5.41) is 3.45. The molecule has 0 radical (unpaired) electrons. The lowest BCUT2D eigenvalue weighted by molar-refractivity contribution is 0.184. The van der Waals surface area contributed by atoms with Gasteiger partial charge in [-0.2, -0.15) is 0 Å². The number of rotatable bonds is 6. The van der Waals surface area contributed by atoms with Crippen molar-refractivity contribution in [2.45, 2.75) is 32.9 Å². The van der Waals surface area contributed by atoms with Crippen LogP contribution in [0.2, 0.25) is 0 Å². The highest BCUT2D eigenvalue weighted by Crippen LogP contribution is 2.05. The molecule has 0 spiro atoms. The number of hydrogen-bond acceptors (Lipinski definition) is 3. The van der Waals surface area contributed by atoms with Crippen LogP contribution in [0.25, 0.3) is 0 Å². The fraction of sp³-hybridized carbons (Fsp3) is 0.583. The van der Waals surface area contributed by atoms with Gasteiger partial charge in [-0.25, -0.2) is 0 Å². The minimum atomic E-state index is 0.476. The number of aryl methyl sites for hydroxylation is 1. The summed E-state index contributed by atoms with van der Waals surface area (Å²) in [5.41, 5.74) is 2.55. The Hall–Kier alpha value is -0.930. The van der Waals surface area contributed by atoms with Gasteiger partial charge in [0.25, 0.3) is 0 Å². The maximum atomic E-state index is 5.04. The number of hydrogen-bond donors (Lipinski definition) is 1. The lowest BCUT2D eigenvalue weighted by Gasteiger charge is -2.13. The molecule has 3 nitrogen and oxygen atoms in total. The predicted octanol–water partition coefficient (Wildman–Crippen LogP) is 1.90. The van der Waals surface area contributed by atoms with Crippen molar-refractivity contribution in [3.05, 3.63) is 29.6 Å². The highest BCUT2D eigenvalue weighted by molar-refractivity contribution is 5.21. The molecule has 0 amide bonds. The molecule has 0 bridgehead atoms. The zero-order chi connectivity index (χ0) is 11.1. The van der Waals surface area contributed by atoms with Crippen LogP contribution in [0, 0.1) is 6.92 Å². The monoisotopic (exact) mass is 208 g/mol. The van der Waals surface area contributed by atoms with Crippen LogP contribution in [-0.4, -0.2) is 24.7 Å². The molecule has 0 aliphatic rings. The van der Waals surface area contributed by atoms with E-state index in [1.54, 1.807) is 7.11 Å². The van der Waals surface area contributed by atoms with E-state index >= 15 is 0 Å². The minimum absolute atomic E-state index is 0.476. The molecule has 0 aliphatic heterocycles. The molecule has 1 aromatic heterocycles. The van der Waals surface area contributed by atoms with E-state index in [0.29, 0.717) is 6.04 Å². The van der Waals surface area contributed by atoms with Gasteiger partial charge in [0.15, 0.2) is 0 Å². The van der Waals surface area contributed by atoms with Gasteiger partial charge in [-0.1, -0.05) is 0 Å². The summed E-state index contributed by atoms with van der Waals surface area (Å²) in [6.07, 6.45) is 4.79. The second-order valence-electron chi connectivity index (χ2n) is 3.87. The molecule has 0 fully saturated rings. The van der Waals surface area contributed by atoms with E-state index in [9.17, 15) is 0 Å². The maximum Gasteiger partial charge on any atom is 0.0476 e. The molecule has 1 atom stereocenters. The molecule has 0 saturated heterocycles. The van der Waals surface area contributed by atoms with Crippen LogP contribution >= 0.6 is 0 Å². The first-order chi connectivity index (χ1) is 7.24. The Bertz CT molecular complexity index is 289. The maximum absolute atomic E-state index is 5.04. The number of aromatic nitrogens is 1. The predicted molar refractivity (Wildman–Crippen MR) is 61.8 cm³/mol. The topological polar surface area (TPSA) is 34.1 Å². The number of nitrogens with one attached hydrogen (secondary N) is 1. The van der Waals surface area contributed by atoms with Crippen LogP contribution in [0.15, 0.2) is 18.5 Å². The summed E-state index contributed by atoms with van der Waals surface area (Å²) in [6.45, 7) is 5.97. The van der Waals surface area contributed by atoms with E-state index in [2.05, 4.69) is 24.1 Å². The van der Waals surface area contributed by atoms with E-state index in [0.717, 1.165) is 19.6 Å². The van der Waals surface area contributed by atoms with Crippen LogP contribution in [0.5, 0.6) is 0 Å². The van der Waals surface area contributed by atoms with Crippen molar-refractivity contribution in [1.82, 2.24) is 10.3 Å². The first-order valence-corrected chi connectivity index (χ1v) is 5.36. The van der Waals surface area contributed by atoms with Crippen LogP contribution in [-0.2, 0) is 11.3 Å². The quantitative estimate of drug-likeness (QED) is 0.775. The van der Waals surface area contributed by atoms with Crippen molar-refractivity contribution in [3.8, 4) is 0 Å². The largest absolute Gasteiger partial charge is 0.385 e. The van der Waals surface area contributed by atoms with Crippen LogP contribution < -0.4 is 5.32 Å². The van der Waals surface area contributed by atoms with E-state index in [-0.39, 0.29) is 0 Å². The fourth-order valence-electron chi connectivity index (χ4n) is 1.36. The van der Waals surface area contributed by atoms with Crippen molar-refractivity contribution in [1.29, 1.82) is 0 Å². The summed E-state index contributed by atoms with van der Waals surface area (Å²) < 4.78 is 5.04. The fourth-order valence-corrected chi connectivity index (χ4v) is 1.36. The second-order valence-corrected chi connectivity index (χ2v) is 3.87. The Balaban J connectivity index is 2.33. The van der Waals surface area contributed by atoms with Crippen LogP contribution in [0.3, 0.4) is 0 Å². The highest BCUT2D eigenvalue weighted by Gasteiger charge is 2.02. The Morgan fingerprint density at radius 2 is 2.33 bits per heavy atom. The van der Waals surface area contributed by atoms with Crippen LogP contribution in [0.4, 0.5) is 0 Å². The summed E-state index contributed by atoms with van der Waals surface area (Å²) in [7, 11) is 1.73. The molecule has 1 unspecified atom stereocenters. The van der Waals surface area contributed by atoms with Crippen molar-refractivity contribution in [2.75, 3.05) is 13.7 Å². The van der Waals surface area contributed by atoms with Gasteiger partial charge >= 0.3 is 0 Å². The van der Waals surface area contributed by atoms with Gasteiger partial charge in [0.05, 0.1) is 0 Å². The zero-order valence-electron chi connectivity index (χ0n) is 9.79. The summed E-state index contributed by atoms with van der Waals surface area (Å²) >= 11 is 0. The van der Waals surface area contributed by atoms with Crippen molar-refractivity contribution in [2.24, 2.45) is 0 Å². The SMILES string of the molecule is COCCC(C)NCc1cnccc1C. The molecule has 1 heterocycles. The van der Waals surface area contributed by atoms with Crippen molar-refractivity contribution >= 4 is 0 Å². The zero-order valence-corrected chi connectivity index (χ0v) is 9.79. The third kappa shape index (κ3) is 4.40. The average Bonchev–Trinajstić information content (AvgIpc) is 2.25.